The van der Waals surface area contributed by atoms with Gasteiger partial charge in [-0.25, -0.2) is 0 Å². The molecule has 0 saturated carbocycles. The van der Waals surface area contributed by atoms with Gasteiger partial charge in [-0.1, -0.05) is 6.92 Å². The van der Waals surface area contributed by atoms with Crippen LogP contribution in [-0.4, -0.2) is 29.9 Å². The summed E-state index contributed by atoms with van der Waals surface area (Å²) in [6.07, 6.45) is 3.75. The van der Waals surface area contributed by atoms with Gasteiger partial charge in [0.05, 0.1) is 11.5 Å². The van der Waals surface area contributed by atoms with Crippen molar-refractivity contribution in [3.8, 4) is 0 Å². The molecule has 1 spiro atoms. The average Bonchev–Trinajstić information content (AvgIpc) is 2.50. The van der Waals surface area contributed by atoms with E-state index >= 15 is 0 Å². The third-order valence-corrected chi connectivity index (χ3v) is 4.29. The Morgan fingerprint density at radius 1 is 1.67 bits per heavy atom. The van der Waals surface area contributed by atoms with Crippen LogP contribution in [-0.2, 0) is 4.74 Å². The Morgan fingerprint density at radius 3 is 3.17 bits per heavy atom. The zero-order valence-electron chi connectivity index (χ0n) is 7.64. The molecule has 0 radical (unpaired) electrons. The van der Waals surface area contributed by atoms with E-state index in [0.29, 0.717) is 4.87 Å². The van der Waals surface area contributed by atoms with E-state index in [2.05, 4.69) is 24.0 Å². The van der Waals surface area contributed by atoms with E-state index in [9.17, 15) is 0 Å². The first kappa shape index (κ1) is 8.85. The smallest absolute Gasteiger partial charge is 0.0885 e. The Kier molecular flexibility index (Phi) is 2.63. The monoisotopic (exact) mass is 187 g/mol. The first-order chi connectivity index (χ1) is 5.85. The maximum Gasteiger partial charge on any atom is 0.0885 e. The Balaban J connectivity index is 1.94. The van der Waals surface area contributed by atoms with Crippen LogP contribution in [0.25, 0.3) is 0 Å². The maximum atomic E-state index is 5.52. The Bertz CT molecular complexity index is 157. The number of rotatable bonds is 1. The highest BCUT2D eigenvalue weighted by atomic mass is 32.2. The normalized spacial score (nSPS) is 42.2. The third-order valence-electron chi connectivity index (χ3n) is 2.73. The molecule has 2 aliphatic heterocycles. The first-order valence-electron chi connectivity index (χ1n) is 4.84. The van der Waals surface area contributed by atoms with Gasteiger partial charge in [-0.3, -0.25) is 5.32 Å². The molecule has 2 atom stereocenters. The predicted molar refractivity (Wildman–Crippen MR) is 52.5 cm³/mol. The molecule has 2 unspecified atom stereocenters. The Labute approximate surface area is 78.4 Å². The zero-order valence-corrected chi connectivity index (χ0v) is 8.45. The molecule has 0 aromatic rings. The highest BCUT2D eigenvalue weighted by Crippen LogP contribution is 2.37. The quantitative estimate of drug-likeness (QED) is 0.674. The fourth-order valence-electron chi connectivity index (χ4n) is 1.93. The minimum absolute atomic E-state index is 0.291. The Hall–Kier alpha value is 0.270. The highest BCUT2D eigenvalue weighted by molar-refractivity contribution is 8.00. The van der Waals surface area contributed by atoms with Gasteiger partial charge in [0.25, 0.3) is 0 Å². The summed E-state index contributed by atoms with van der Waals surface area (Å²) in [5, 5.41) is 3.69. The summed E-state index contributed by atoms with van der Waals surface area (Å²) in [6.45, 7) is 4.12. The average molecular weight is 187 g/mol. The summed E-state index contributed by atoms with van der Waals surface area (Å²) in [5.74, 6) is 1.26. The van der Waals surface area contributed by atoms with Crippen LogP contribution < -0.4 is 5.32 Å². The number of thioether (sulfide) groups is 1. The zero-order chi connectivity index (χ0) is 8.44. The van der Waals surface area contributed by atoms with Gasteiger partial charge in [-0.05, 0) is 19.3 Å². The lowest BCUT2D eigenvalue weighted by molar-refractivity contribution is 0.0578. The molecular formula is C9H17NOS. The van der Waals surface area contributed by atoms with Gasteiger partial charge in [0, 0.05) is 18.4 Å². The van der Waals surface area contributed by atoms with Crippen LogP contribution in [0.1, 0.15) is 26.2 Å². The van der Waals surface area contributed by atoms with Gasteiger partial charge < -0.3 is 4.74 Å². The van der Waals surface area contributed by atoms with Crippen LogP contribution in [0.3, 0.4) is 0 Å². The molecule has 2 rings (SSSR count). The summed E-state index contributed by atoms with van der Waals surface area (Å²) in [7, 11) is 0. The van der Waals surface area contributed by atoms with E-state index in [-0.39, 0.29) is 0 Å². The third kappa shape index (κ3) is 1.63. The summed E-state index contributed by atoms with van der Waals surface area (Å²) in [4.78, 5) is 0.291. The lowest BCUT2D eigenvalue weighted by Gasteiger charge is -2.33. The van der Waals surface area contributed by atoms with E-state index in [1.54, 1.807) is 0 Å². The summed E-state index contributed by atoms with van der Waals surface area (Å²) in [5.41, 5.74) is 0. The fourth-order valence-corrected chi connectivity index (χ4v) is 3.48. The molecule has 3 heteroatoms. The molecule has 0 aliphatic carbocycles. The van der Waals surface area contributed by atoms with Gasteiger partial charge in [0.15, 0.2) is 0 Å². The molecule has 0 aromatic heterocycles. The van der Waals surface area contributed by atoms with Gasteiger partial charge in [-0.15, -0.1) is 11.8 Å². The summed E-state index contributed by atoms with van der Waals surface area (Å²) >= 11 is 2.06. The lowest BCUT2D eigenvalue weighted by atomic mass is 10.1. The van der Waals surface area contributed by atoms with Gasteiger partial charge in [0.2, 0.25) is 0 Å². The molecule has 2 nitrogen and oxygen atoms in total. The molecule has 2 aliphatic rings. The minimum atomic E-state index is 0.291. The molecule has 1 N–H and O–H groups in total. The van der Waals surface area contributed by atoms with Crippen LogP contribution in [0.4, 0.5) is 0 Å². The molecule has 0 bridgehead atoms. The molecule has 70 valence electrons. The van der Waals surface area contributed by atoms with E-state index < -0.39 is 0 Å². The van der Waals surface area contributed by atoms with Crippen LogP contribution in [0.2, 0.25) is 0 Å². The second kappa shape index (κ2) is 3.56. The van der Waals surface area contributed by atoms with Crippen molar-refractivity contribution in [1.82, 2.24) is 5.32 Å². The van der Waals surface area contributed by atoms with E-state index in [1.807, 2.05) is 0 Å². The summed E-state index contributed by atoms with van der Waals surface area (Å²) < 4.78 is 5.52. The minimum Gasteiger partial charge on any atom is -0.379 e. The lowest BCUT2D eigenvalue weighted by Crippen LogP contribution is -2.47. The number of nitrogens with one attached hydrogen (secondary N) is 1. The fraction of sp³-hybridized carbons (Fsp3) is 1.00. The molecule has 2 saturated heterocycles. The van der Waals surface area contributed by atoms with E-state index in [0.717, 1.165) is 19.3 Å². The predicted octanol–water partition coefficient (Wildman–Crippen LogP) is 1.61. The van der Waals surface area contributed by atoms with Crippen molar-refractivity contribution < 1.29 is 4.74 Å². The standard InChI is InChI=1S/C9H17NOS/c1-2-8-6-12-9(10-8)4-3-5-11-7-9/h8,10H,2-7H2,1H3. The Morgan fingerprint density at radius 2 is 2.58 bits per heavy atom. The number of hydrogen-bond donors (Lipinski definition) is 1. The van der Waals surface area contributed by atoms with E-state index in [4.69, 9.17) is 4.74 Å². The second-order valence-electron chi connectivity index (χ2n) is 3.71. The largest absolute Gasteiger partial charge is 0.379 e. The molecule has 2 heterocycles. The van der Waals surface area contributed by atoms with Crippen LogP contribution >= 0.6 is 11.8 Å². The number of ether oxygens (including phenoxy) is 1. The van der Waals surface area contributed by atoms with Gasteiger partial charge >= 0.3 is 0 Å². The van der Waals surface area contributed by atoms with Crippen molar-refractivity contribution in [2.24, 2.45) is 0 Å². The SMILES string of the molecule is CCC1CSC2(CCCOC2)N1. The van der Waals surface area contributed by atoms with Crippen LogP contribution in [0.15, 0.2) is 0 Å². The maximum absolute atomic E-state index is 5.52. The van der Waals surface area contributed by atoms with Crippen LogP contribution in [0, 0.1) is 0 Å². The van der Waals surface area contributed by atoms with Gasteiger partial charge in [-0.2, -0.15) is 0 Å². The van der Waals surface area contributed by atoms with Crippen molar-refractivity contribution in [1.29, 1.82) is 0 Å². The molecule has 12 heavy (non-hydrogen) atoms. The highest BCUT2D eigenvalue weighted by Gasteiger charge is 2.39. The second-order valence-corrected chi connectivity index (χ2v) is 5.11. The van der Waals surface area contributed by atoms with Crippen molar-refractivity contribution in [3.05, 3.63) is 0 Å². The van der Waals surface area contributed by atoms with Crippen molar-refractivity contribution >= 4 is 11.8 Å². The van der Waals surface area contributed by atoms with Crippen molar-refractivity contribution in [2.45, 2.75) is 37.1 Å². The first-order valence-corrected chi connectivity index (χ1v) is 5.83. The van der Waals surface area contributed by atoms with Crippen molar-refractivity contribution in [2.75, 3.05) is 19.0 Å². The molecule has 0 aromatic carbocycles. The number of hydrogen-bond acceptors (Lipinski definition) is 3. The topological polar surface area (TPSA) is 21.3 Å². The van der Waals surface area contributed by atoms with E-state index in [1.165, 1.54) is 25.0 Å². The van der Waals surface area contributed by atoms with Crippen LogP contribution in [0.5, 0.6) is 0 Å². The van der Waals surface area contributed by atoms with Gasteiger partial charge in [0.1, 0.15) is 0 Å². The molecule has 0 amide bonds. The molecule has 2 fully saturated rings. The molecular weight excluding hydrogens is 170 g/mol. The van der Waals surface area contributed by atoms with Crippen molar-refractivity contribution in [3.63, 3.8) is 0 Å². The summed E-state index contributed by atoms with van der Waals surface area (Å²) in [6, 6.07) is 0.719.